The molecule has 6 nitrogen and oxygen atoms in total. The van der Waals surface area contributed by atoms with Gasteiger partial charge in [-0.15, -0.1) is 11.3 Å². The molecule has 0 atom stereocenters. The first-order valence-electron chi connectivity index (χ1n) is 7.23. The molecule has 0 fully saturated rings. The number of anilines is 1. The second-order valence-corrected chi connectivity index (χ2v) is 7.81. The van der Waals surface area contributed by atoms with Gasteiger partial charge in [0.05, 0.1) is 13.7 Å². The van der Waals surface area contributed by atoms with Gasteiger partial charge in [0, 0.05) is 0 Å². The van der Waals surface area contributed by atoms with E-state index in [0.29, 0.717) is 15.4 Å². The minimum atomic E-state index is -3.84. The molecule has 1 aromatic carbocycles. The van der Waals surface area contributed by atoms with Crippen molar-refractivity contribution in [3.8, 4) is 5.75 Å². The number of ether oxygens (including phenoxy) is 2. The number of esters is 1. The average Bonchev–Trinajstić information content (AvgIpc) is 2.87. The van der Waals surface area contributed by atoms with E-state index >= 15 is 0 Å². The first kappa shape index (κ1) is 18.3. The van der Waals surface area contributed by atoms with E-state index in [1.54, 1.807) is 39.0 Å². The zero-order valence-corrected chi connectivity index (χ0v) is 15.5. The van der Waals surface area contributed by atoms with E-state index in [1.165, 1.54) is 13.2 Å². The van der Waals surface area contributed by atoms with Crippen LogP contribution in [-0.2, 0) is 14.8 Å². The van der Waals surface area contributed by atoms with Gasteiger partial charge in [-0.25, -0.2) is 13.2 Å². The predicted molar refractivity (Wildman–Crippen MR) is 93.6 cm³/mol. The van der Waals surface area contributed by atoms with Crippen LogP contribution in [0.1, 0.15) is 27.7 Å². The number of hydrogen-bond acceptors (Lipinski definition) is 6. The molecule has 0 unspecified atom stereocenters. The number of rotatable bonds is 6. The zero-order valence-electron chi connectivity index (χ0n) is 13.9. The van der Waals surface area contributed by atoms with Crippen LogP contribution in [0.25, 0.3) is 0 Å². The molecular weight excluding hydrogens is 350 g/mol. The first-order valence-corrected chi connectivity index (χ1v) is 9.53. The van der Waals surface area contributed by atoms with Gasteiger partial charge in [0.25, 0.3) is 10.0 Å². The Bertz CT molecular complexity index is 855. The number of sulfonamides is 1. The highest BCUT2D eigenvalue weighted by atomic mass is 32.2. The third-order valence-corrected chi connectivity index (χ3v) is 5.87. The standard InChI is InChI=1S/C16H19NO5S2/c1-5-22-16(18)15-11(3)9-14(23-15)17-24(19,20)13-8-10(2)6-7-12(13)21-4/h6-9,17H,5H2,1-4H3. The average molecular weight is 369 g/mol. The van der Waals surface area contributed by atoms with Gasteiger partial charge in [0.15, 0.2) is 0 Å². The Kier molecular flexibility index (Phi) is 5.51. The summed E-state index contributed by atoms with van der Waals surface area (Å²) in [6, 6.07) is 6.52. The van der Waals surface area contributed by atoms with Gasteiger partial charge in [0.1, 0.15) is 20.5 Å². The Morgan fingerprint density at radius 1 is 1.25 bits per heavy atom. The minimum Gasteiger partial charge on any atom is -0.495 e. The van der Waals surface area contributed by atoms with Crippen molar-refractivity contribution in [2.45, 2.75) is 25.7 Å². The van der Waals surface area contributed by atoms with Crippen LogP contribution in [0.5, 0.6) is 5.75 Å². The summed E-state index contributed by atoms with van der Waals surface area (Å²) >= 11 is 1.04. The second-order valence-electron chi connectivity index (χ2n) is 5.10. The lowest BCUT2D eigenvalue weighted by molar-refractivity contribution is 0.0531. The van der Waals surface area contributed by atoms with E-state index in [0.717, 1.165) is 16.9 Å². The van der Waals surface area contributed by atoms with Gasteiger partial charge in [-0.3, -0.25) is 4.72 Å². The van der Waals surface area contributed by atoms with E-state index in [2.05, 4.69) is 4.72 Å². The Hall–Kier alpha value is -2.06. The fourth-order valence-electron chi connectivity index (χ4n) is 2.11. The largest absolute Gasteiger partial charge is 0.495 e. The molecule has 0 saturated heterocycles. The molecule has 8 heteroatoms. The molecule has 0 aliphatic carbocycles. The lowest BCUT2D eigenvalue weighted by atomic mass is 10.2. The van der Waals surface area contributed by atoms with Crippen LogP contribution in [0.2, 0.25) is 0 Å². The number of aryl methyl sites for hydroxylation is 2. The van der Waals surface area contributed by atoms with Gasteiger partial charge in [-0.2, -0.15) is 0 Å². The second kappa shape index (κ2) is 7.23. The Morgan fingerprint density at radius 3 is 2.58 bits per heavy atom. The van der Waals surface area contributed by atoms with Crippen molar-refractivity contribution in [2.24, 2.45) is 0 Å². The summed E-state index contributed by atoms with van der Waals surface area (Å²) in [5.41, 5.74) is 1.46. The lowest BCUT2D eigenvalue weighted by Crippen LogP contribution is -2.13. The fourth-order valence-corrected chi connectivity index (χ4v) is 4.62. The van der Waals surface area contributed by atoms with Crippen LogP contribution in [0.4, 0.5) is 5.00 Å². The predicted octanol–water partition coefficient (Wildman–Crippen LogP) is 3.35. The summed E-state index contributed by atoms with van der Waals surface area (Å²) in [5, 5.41) is 0.346. The molecule has 0 spiro atoms. The fraction of sp³-hybridized carbons (Fsp3) is 0.312. The van der Waals surface area contributed by atoms with Crippen LogP contribution in [-0.4, -0.2) is 28.1 Å². The van der Waals surface area contributed by atoms with Crippen molar-refractivity contribution in [3.63, 3.8) is 0 Å². The molecule has 2 aromatic rings. The molecule has 0 aliphatic rings. The monoisotopic (exact) mass is 369 g/mol. The van der Waals surface area contributed by atoms with Crippen molar-refractivity contribution in [2.75, 3.05) is 18.4 Å². The van der Waals surface area contributed by atoms with Gasteiger partial charge in [-0.1, -0.05) is 6.07 Å². The lowest BCUT2D eigenvalue weighted by Gasteiger charge is -2.11. The molecule has 24 heavy (non-hydrogen) atoms. The highest BCUT2D eigenvalue weighted by Crippen LogP contribution is 2.31. The van der Waals surface area contributed by atoms with Crippen molar-refractivity contribution >= 4 is 32.3 Å². The number of carbonyl (C=O) groups excluding carboxylic acids is 1. The number of nitrogens with one attached hydrogen (secondary N) is 1. The molecule has 2 rings (SSSR count). The molecule has 1 aromatic heterocycles. The van der Waals surface area contributed by atoms with Crippen LogP contribution >= 0.6 is 11.3 Å². The maximum absolute atomic E-state index is 12.6. The van der Waals surface area contributed by atoms with Gasteiger partial charge in [0.2, 0.25) is 0 Å². The number of benzene rings is 1. The Labute approximate surface area is 145 Å². The molecule has 0 aliphatic heterocycles. The molecule has 130 valence electrons. The molecule has 0 radical (unpaired) electrons. The summed E-state index contributed by atoms with van der Waals surface area (Å²) in [6.45, 7) is 5.51. The molecule has 1 N–H and O–H groups in total. The number of hydrogen-bond donors (Lipinski definition) is 1. The normalized spacial score (nSPS) is 11.2. The van der Waals surface area contributed by atoms with Crippen molar-refractivity contribution < 1.29 is 22.7 Å². The van der Waals surface area contributed by atoms with Gasteiger partial charge in [-0.05, 0) is 50.1 Å². The number of methoxy groups -OCH3 is 1. The molecule has 0 bridgehead atoms. The molecular formula is C16H19NO5S2. The smallest absolute Gasteiger partial charge is 0.348 e. The van der Waals surface area contributed by atoms with Crippen molar-refractivity contribution in [1.82, 2.24) is 0 Å². The topological polar surface area (TPSA) is 81.7 Å². The maximum atomic E-state index is 12.6. The summed E-state index contributed by atoms with van der Waals surface area (Å²) in [7, 11) is -2.42. The van der Waals surface area contributed by atoms with Crippen molar-refractivity contribution in [3.05, 3.63) is 40.3 Å². The Balaban J connectivity index is 2.35. The van der Waals surface area contributed by atoms with Crippen LogP contribution < -0.4 is 9.46 Å². The van der Waals surface area contributed by atoms with Gasteiger partial charge < -0.3 is 9.47 Å². The SMILES string of the molecule is CCOC(=O)c1sc(NS(=O)(=O)c2cc(C)ccc2OC)cc1C. The summed E-state index contributed by atoms with van der Waals surface area (Å²) in [5.74, 6) is -0.203. The maximum Gasteiger partial charge on any atom is 0.348 e. The van der Waals surface area contributed by atoms with Crippen LogP contribution in [0.3, 0.4) is 0 Å². The first-order chi connectivity index (χ1) is 11.3. The third-order valence-electron chi connectivity index (χ3n) is 3.22. The minimum absolute atomic E-state index is 0.0498. The van der Waals surface area contributed by atoms with E-state index in [1.807, 2.05) is 0 Å². The molecule has 1 heterocycles. The number of carbonyl (C=O) groups is 1. The molecule has 0 saturated carbocycles. The summed E-state index contributed by atoms with van der Waals surface area (Å²) < 4.78 is 37.9. The zero-order chi connectivity index (χ0) is 17.9. The summed E-state index contributed by atoms with van der Waals surface area (Å²) in [6.07, 6.45) is 0. The van der Waals surface area contributed by atoms with Crippen LogP contribution in [0, 0.1) is 13.8 Å². The molecule has 0 amide bonds. The van der Waals surface area contributed by atoms with E-state index in [4.69, 9.17) is 9.47 Å². The van der Waals surface area contributed by atoms with Crippen molar-refractivity contribution in [1.29, 1.82) is 0 Å². The number of thiophene rings is 1. The quantitative estimate of drug-likeness (QED) is 0.790. The van der Waals surface area contributed by atoms with E-state index < -0.39 is 16.0 Å². The summed E-state index contributed by atoms with van der Waals surface area (Å²) in [4.78, 5) is 12.3. The van der Waals surface area contributed by atoms with Crippen LogP contribution in [0.15, 0.2) is 29.2 Å². The Morgan fingerprint density at radius 2 is 1.96 bits per heavy atom. The highest BCUT2D eigenvalue weighted by Gasteiger charge is 2.22. The van der Waals surface area contributed by atoms with Gasteiger partial charge >= 0.3 is 5.97 Å². The van der Waals surface area contributed by atoms with E-state index in [9.17, 15) is 13.2 Å². The highest BCUT2D eigenvalue weighted by molar-refractivity contribution is 7.93. The van der Waals surface area contributed by atoms with E-state index in [-0.39, 0.29) is 17.3 Å². The third kappa shape index (κ3) is 3.88.